The van der Waals surface area contributed by atoms with Gasteiger partial charge < -0.3 is 18.9 Å². The molecule has 11 unspecified atom stereocenters. The van der Waals surface area contributed by atoms with Crippen LogP contribution in [0.3, 0.4) is 0 Å². The number of fused-ring (bicyclic) bond motifs is 10. The SMILES string of the molecule is C.C.C.CCC(C)(C)C(=O)OC(C)(C)C(C)C.CCC(C)(C)C(=O)OC1CC2CC1C1CCC(C(=O)OC3(C)CCCCC3)C21.CCC(C)(C)C(=O)OC1CC2CC1C1CCCC21. The fourth-order valence-electron chi connectivity index (χ4n) is 11.9. The summed E-state index contributed by atoms with van der Waals surface area (Å²) in [6.45, 7) is 28.1. The Morgan fingerprint density at radius 3 is 1.52 bits per heavy atom. The van der Waals surface area contributed by atoms with Crippen LogP contribution in [-0.4, -0.2) is 47.3 Å². The van der Waals surface area contributed by atoms with E-state index in [0.717, 1.165) is 82.0 Å². The Morgan fingerprint density at radius 1 is 0.556 bits per heavy atom. The van der Waals surface area contributed by atoms with Gasteiger partial charge in [0.1, 0.15) is 23.4 Å². The summed E-state index contributed by atoms with van der Waals surface area (Å²) in [5, 5.41) is 0. The van der Waals surface area contributed by atoms with Crippen molar-refractivity contribution in [3.05, 3.63) is 0 Å². The van der Waals surface area contributed by atoms with Gasteiger partial charge >= 0.3 is 23.9 Å². The van der Waals surface area contributed by atoms with Gasteiger partial charge in [0.25, 0.3) is 0 Å². The van der Waals surface area contributed by atoms with Crippen LogP contribution in [0.5, 0.6) is 0 Å². The van der Waals surface area contributed by atoms with Gasteiger partial charge in [0.2, 0.25) is 0 Å². The molecule has 8 nitrogen and oxygen atoms in total. The molecule has 7 saturated carbocycles. The zero-order chi connectivity index (χ0) is 44.6. The molecular weight excluding hydrogens is 789 g/mol. The Kier molecular flexibility index (Phi) is 20.0. The minimum atomic E-state index is -0.404. The molecule has 0 spiro atoms. The number of carbonyl (C=O) groups excluding carboxylic acids is 4. The summed E-state index contributed by atoms with van der Waals surface area (Å²) < 4.78 is 23.5. The molecule has 4 bridgehead atoms. The third kappa shape index (κ3) is 12.7. The lowest BCUT2D eigenvalue weighted by molar-refractivity contribution is -0.171. The first-order valence-corrected chi connectivity index (χ1v) is 24.8. The van der Waals surface area contributed by atoms with Crippen LogP contribution in [0, 0.1) is 75.4 Å². The summed E-state index contributed by atoms with van der Waals surface area (Å²) >= 11 is 0. The molecule has 7 fully saturated rings. The van der Waals surface area contributed by atoms with Crippen molar-refractivity contribution in [2.24, 2.45) is 75.4 Å². The molecule has 0 aromatic carbocycles. The van der Waals surface area contributed by atoms with Crippen LogP contribution in [-0.2, 0) is 38.1 Å². The average molecular weight is 889 g/mol. The van der Waals surface area contributed by atoms with Crippen molar-refractivity contribution < 1.29 is 38.1 Å². The number of rotatable bonds is 12. The van der Waals surface area contributed by atoms with Crippen molar-refractivity contribution in [3.63, 3.8) is 0 Å². The summed E-state index contributed by atoms with van der Waals surface area (Å²) in [6, 6.07) is 0. The van der Waals surface area contributed by atoms with E-state index in [-0.39, 0.29) is 86.3 Å². The van der Waals surface area contributed by atoms with Crippen molar-refractivity contribution in [1.82, 2.24) is 0 Å². The molecule has 7 rings (SSSR count). The molecule has 0 saturated heterocycles. The van der Waals surface area contributed by atoms with Gasteiger partial charge in [-0.3, -0.25) is 19.2 Å². The van der Waals surface area contributed by atoms with Crippen LogP contribution in [0.1, 0.15) is 228 Å². The normalized spacial score (nSPS) is 32.2. The number of carbonyl (C=O) groups is 4. The molecule has 0 aromatic rings. The van der Waals surface area contributed by atoms with E-state index in [1.807, 2.05) is 69.2 Å². The largest absolute Gasteiger partial charge is 0.462 e. The molecule has 8 heteroatoms. The molecule has 0 radical (unpaired) electrons. The second-order valence-electron chi connectivity index (χ2n) is 23.7. The van der Waals surface area contributed by atoms with Crippen molar-refractivity contribution in [3.8, 4) is 0 Å². The third-order valence-corrected chi connectivity index (χ3v) is 18.0. The quantitative estimate of drug-likeness (QED) is 0.141. The molecule has 0 aliphatic heterocycles. The fraction of sp³-hybridized carbons (Fsp3) is 0.927. The van der Waals surface area contributed by atoms with Crippen molar-refractivity contribution in [2.45, 2.75) is 252 Å². The lowest BCUT2D eigenvalue weighted by Crippen LogP contribution is -2.40. The topological polar surface area (TPSA) is 105 Å². The zero-order valence-electron chi connectivity index (χ0n) is 40.7. The summed E-state index contributed by atoms with van der Waals surface area (Å²) in [4.78, 5) is 49.6. The molecule has 0 amide bonds. The highest BCUT2D eigenvalue weighted by atomic mass is 16.6. The molecule has 0 heterocycles. The molecule has 368 valence electrons. The lowest BCUT2D eigenvalue weighted by atomic mass is 9.76. The maximum atomic E-state index is 13.1. The van der Waals surface area contributed by atoms with E-state index in [4.69, 9.17) is 18.9 Å². The molecule has 0 N–H and O–H groups in total. The second-order valence-corrected chi connectivity index (χ2v) is 23.7. The van der Waals surface area contributed by atoms with E-state index >= 15 is 0 Å². The van der Waals surface area contributed by atoms with Gasteiger partial charge in [-0.2, -0.15) is 0 Å². The van der Waals surface area contributed by atoms with Crippen molar-refractivity contribution in [1.29, 1.82) is 0 Å². The smallest absolute Gasteiger partial charge is 0.312 e. The van der Waals surface area contributed by atoms with Crippen LogP contribution in [0.4, 0.5) is 0 Å². The van der Waals surface area contributed by atoms with E-state index < -0.39 is 5.41 Å². The number of hydrogen-bond acceptors (Lipinski definition) is 8. The Labute approximate surface area is 388 Å². The summed E-state index contributed by atoms with van der Waals surface area (Å²) in [5.74, 6) is 5.73. The Morgan fingerprint density at radius 2 is 1.02 bits per heavy atom. The highest BCUT2D eigenvalue weighted by Gasteiger charge is 2.61. The van der Waals surface area contributed by atoms with Gasteiger partial charge in [0, 0.05) is 0 Å². The number of ether oxygens (including phenoxy) is 4. The minimum Gasteiger partial charge on any atom is -0.462 e. The summed E-state index contributed by atoms with van der Waals surface area (Å²) in [6.07, 6.45) is 19.2. The van der Waals surface area contributed by atoms with Crippen molar-refractivity contribution >= 4 is 23.9 Å². The molecule has 7 aliphatic carbocycles. The molecule has 0 aromatic heterocycles. The highest BCUT2D eigenvalue weighted by molar-refractivity contribution is 5.77. The Bertz CT molecular complexity index is 1500. The fourth-order valence-corrected chi connectivity index (χ4v) is 11.9. The number of hydrogen-bond donors (Lipinski definition) is 0. The first-order chi connectivity index (χ1) is 27.9. The minimum absolute atomic E-state index is 0. The molecule has 7 aliphatic rings. The van der Waals surface area contributed by atoms with Crippen LogP contribution in [0.2, 0.25) is 0 Å². The predicted molar refractivity (Wildman–Crippen MR) is 258 cm³/mol. The van der Waals surface area contributed by atoms with Crippen LogP contribution < -0.4 is 0 Å². The van der Waals surface area contributed by atoms with Gasteiger partial charge in [-0.1, -0.05) is 69.7 Å². The van der Waals surface area contributed by atoms with E-state index in [9.17, 15) is 19.2 Å². The Balaban J connectivity index is 0.000000340. The number of esters is 4. The first-order valence-electron chi connectivity index (χ1n) is 24.8. The highest BCUT2D eigenvalue weighted by Crippen LogP contribution is 2.62. The maximum absolute atomic E-state index is 13.1. The lowest BCUT2D eigenvalue weighted by Gasteiger charge is -2.37. The van der Waals surface area contributed by atoms with Crippen molar-refractivity contribution in [2.75, 3.05) is 0 Å². The van der Waals surface area contributed by atoms with Crippen LogP contribution in [0.15, 0.2) is 0 Å². The summed E-state index contributed by atoms with van der Waals surface area (Å²) in [5.41, 5.74) is -1.69. The van der Waals surface area contributed by atoms with E-state index in [1.54, 1.807) is 0 Å². The van der Waals surface area contributed by atoms with E-state index in [2.05, 4.69) is 27.7 Å². The van der Waals surface area contributed by atoms with E-state index in [0.29, 0.717) is 35.5 Å². The molecule has 63 heavy (non-hydrogen) atoms. The zero-order valence-corrected chi connectivity index (χ0v) is 40.7. The van der Waals surface area contributed by atoms with Crippen LogP contribution >= 0.6 is 0 Å². The monoisotopic (exact) mass is 889 g/mol. The van der Waals surface area contributed by atoms with Gasteiger partial charge in [-0.15, -0.1) is 0 Å². The van der Waals surface area contributed by atoms with Gasteiger partial charge in [-0.25, -0.2) is 0 Å². The molecule has 11 atom stereocenters. The standard InChI is InChI=1S/C24H38O4.C16H26O2.C12H24O2.3CH4/c1-5-23(2,3)22(26)27-19-14-15-13-18(19)16-9-10-17(20(15)16)21(25)28-24(4)11-7-6-8-12-24;1-4-16(2,3)15(17)18-14-9-10-8-13(14)12-7-5-6-11(10)12;1-8-11(4,5)10(13)14-12(6,7)9(2)3;;;/h15-20H,5-14H2,1-4H3;10-14H,4-9H2,1-3H3;9H,8H2,1-7H3;3*1H4. The van der Waals surface area contributed by atoms with Gasteiger partial charge in [0.05, 0.1) is 22.2 Å². The van der Waals surface area contributed by atoms with E-state index in [1.165, 1.54) is 44.9 Å². The predicted octanol–water partition coefficient (Wildman–Crippen LogP) is 14.4. The molecular formula is C55H100O8. The third-order valence-electron chi connectivity index (χ3n) is 18.0. The van der Waals surface area contributed by atoms with Gasteiger partial charge in [0.15, 0.2) is 0 Å². The Hall–Kier alpha value is -2.12. The van der Waals surface area contributed by atoms with Gasteiger partial charge in [-0.05, 0) is 212 Å². The summed E-state index contributed by atoms with van der Waals surface area (Å²) in [7, 11) is 0. The maximum Gasteiger partial charge on any atom is 0.312 e. The average Bonchev–Trinajstić information content (AvgIpc) is 4.04. The van der Waals surface area contributed by atoms with Crippen LogP contribution in [0.25, 0.3) is 0 Å². The first kappa shape index (κ1) is 57.0. The second kappa shape index (κ2) is 22.1.